The molecule has 0 radical (unpaired) electrons. The van der Waals surface area contributed by atoms with E-state index in [-0.39, 0.29) is 12.1 Å². The van der Waals surface area contributed by atoms with Crippen molar-refractivity contribution in [1.29, 1.82) is 0 Å². The quantitative estimate of drug-likeness (QED) is 0.751. The van der Waals surface area contributed by atoms with Gasteiger partial charge in [0, 0.05) is 19.1 Å². The molecular formula is C14H24N2O3. The van der Waals surface area contributed by atoms with E-state index in [9.17, 15) is 14.7 Å². The Morgan fingerprint density at radius 2 is 2.00 bits per heavy atom. The fraction of sp³-hybridized carbons (Fsp3) is 0.714. The molecule has 1 aliphatic carbocycles. The predicted octanol–water partition coefficient (Wildman–Crippen LogP) is 2.24. The van der Waals surface area contributed by atoms with E-state index in [1.807, 2.05) is 13.8 Å². The molecule has 0 saturated heterocycles. The first-order valence-electron chi connectivity index (χ1n) is 6.88. The molecule has 2 unspecified atom stereocenters. The molecule has 5 heteroatoms. The number of urea groups is 1. The van der Waals surface area contributed by atoms with E-state index < -0.39 is 11.9 Å². The normalized spacial score (nSPS) is 22.6. The second kappa shape index (κ2) is 7.16. The van der Waals surface area contributed by atoms with Crippen LogP contribution in [0.4, 0.5) is 4.79 Å². The summed E-state index contributed by atoms with van der Waals surface area (Å²) < 4.78 is 0. The van der Waals surface area contributed by atoms with Gasteiger partial charge in [-0.2, -0.15) is 0 Å². The van der Waals surface area contributed by atoms with Gasteiger partial charge in [-0.15, -0.1) is 0 Å². The van der Waals surface area contributed by atoms with Crippen molar-refractivity contribution < 1.29 is 14.7 Å². The fourth-order valence-corrected chi connectivity index (χ4v) is 2.50. The molecule has 1 fully saturated rings. The molecule has 2 atom stereocenters. The SMILES string of the molecule is C=C(C)CN(CC)C(=O)NC1CCCCC1C(=O)O. The van der Waals surface area contributed by atoms with Gasteiger partial charge in [0.2, 0.25) is 0 Å². The van der Waals surface area contributed by atoms with Gasteiger partial charge in [0.05, 0.1) is 5.92 Å². The summed E-state index contributed by atoms with van der Waals surface area (Å²) in [5.74, 6) is -1.27. The van der Waals surface area contributed by atoms with Crippen LogP contribution in [-0.4, -0.2) is 41.1 Å². The van der Waals surface area contributed by atoms with E-state index >= 15 is 0 Å². The minimum absolute atomic E-state index is 0.191. The standard InChI is InChI=1S/C14H24N2O3/c1-4-16(9-10(2)3)14(19)15-12-8-6-5-7-11(12)13(17)18/h11-12H,2,4-9H2,1,3H3,(H,15,19)(H,17,18). The highest BCUT2D eigenvalue weighted by atomic mass is 16.4. The van der Waals surface area contributed by atoms with E-state index in [4.69, 9.17) is 0 Å². The molecule has 0 aliphatic heterocycles. The molecule has 19 heavy (non-hydrogen) atoms. The molecule has 2 N–H and O–H groups in total. The van der Waals surface area contributed by atoms with Gasteiger partial charge in [-0.05, 0) is 26.7 Å². The molecule has 1 rings (SSSR count). The van der Waals surface area contributed by atoms with E-state index in [1.165, 1.54) is 0 Å². The van der Waals surface area contributed by atoms with E-state index in [0.717, 1.165) is 24.8 Å². The topological polar surface area (TPSA) is 69.6 Å². The van der Waals surface area contributed by atoms with Crippen molar-refractivity contribution in [2.45, 2.75) is 45.6 Å². The van der Waals surface area contributed by atoms with Gasteiger partial charge in [-0.25, -0.2) is 4.79 Å². The monoisotopic (exact) mass is 268 g/mol. The average molecular weight is 268 g/mol. The second-order valence-corrected chi connectivity index (χ2v) is 5.26. The maximum absolute atomic E-state index is 12.1. The Morgan fingerprint density at radius 3 is 2.53 bits per heavy atom. The van der Waals surface area contributed by atoms with Crippen molar-refractivity contribution in [3.63, 3.8) is 0 Å². The maximum atomic E-state index is 12.1. The van der Waals surface area contributed by atoms with Crippen LogP contribution in [0.1, 0.15) is 39.5 Å². The summed E-state index contributed by atoms with van der Waals surface area (Å²) in [5.41, 5.74) is 0.912. The molecule has 0 aromatic carbocycles. The molecule has 1 aliphatic rings. The van der Waals surface area contributed by atoms with Crippen LogP contribution >= 0.6 is 0 Å². The first-order chi connectivity index (χ1) is 8.95. The zero-order valence-corrected chi connectivity index (χ0v) is 11.8. The first kappa shape index (κ1) is 15.5. The summed E-state index contributed by atoms with van der Waals surface area (Å²) in [7, 11) is 0. The third kappa shape index (κ3) is 4.58. The molecule has 0 aromatic rings. The number of carboxylic acid groups (broad SMARTS) is 1. The van der Waals surface area contributed by atoms with E-state index in [0.29, 0.717) is 19.5 Å². The Bertz CT molecular complexity index is 355. The molecule has 1 saturated carbocycles. The molecular weight excluding hydrogens is 244 g/mol. The van der Waals surface area contributed by atoms with Crippen LogP contribution in [0.25, 0.3) is 0 Å². The minimum atomic E-state index is -0.812. The lowest BCUT2D eigenvalue weighted by Gasteiger charge is -2.31. The Hall–Kier alpha value is -1.52. The van der Waals surface area contributed by atoms with Crippen molar-refractivity contribution >= 4 is 12.0 Å². The number of carboxylic acids is 1. The Kier molecular flexibility index (Phi) is 5.86. The maximum Gasteiger partial charge on any atom is 0.317 e. The summed E-state index contributed by atoms with van der Waals surface area (Å²) >= 11 is 0. The Labute approximate surface area is 114 Å². The van der Waals surface area contributed by atoms with Gasteiger partial charge in [-0.1, -0.05) is 25.0 Å². The van der Waals surface area contributed by atoms with Gasteiger partial charge in [-0.3, -0.25) is 4.79 Å². The van der Waals surface area contributed by atoms with Gasteiger partial charge in [0.1, 0.15) is 0 Å². The van der Waals surface area contributed by atoms with Gasteiger partial charge >= 0.3 is 12.0 Å². The van der Waals surface area contributed by atoms with E-state index in [1.54, 1.807) is 4.90 Å². The lowest BCUT2D eigenvalue weighted by molar-refractivity contribution is -0.143. The molecule has 2 amide bonds. The highest BCUT2D eigenvalue weighted by Gasteiger charge is 2.32. The number of aliphatic carboxylic acids is 1. The molecule has 0 bridgehead atoms. The number of carbonyl (C=O) groups excluding carboxylic acids is 1. The third-order valence-electron chi connectivity index (χ3n) is 3.52. The number of rotatable bonds is 5. The lowest BCUT2D eigenvalue weighted by atomic mass is 9.84. The highest BCUT2D eigenvalue weighted by molar-refractivity contribution is 5.77. The number of carbonyl (C=O) groups is 2. The first-order valence-corrected chi connectivity index (χ1v) is 6.88. The lowest BCUT2D eigenvalue weighted by Crippen LogP contribution is -2.50. The minimum Gasteiger partial charge on any atom is -0.481 e. The van der Waals surface area contributed by atoms with Gasteiger partial charge in [0.25, 0.3) is 0 Å². The van der Waals surface area contributed by atoms with E-state index in [2.05, 4.69) is 11.9 Å². The van der Waals surface area contributed by atoms with Gasteiger partial charge in [0.15, 0.2) is 0 Å². The van der Waals surface area contributed by atoms with Crippen molar-refractivity contribution in [3.8, 4) is 0 Å². The number of hydrogen-bond donors (Lipinski definition) is 2. The number of amides is 2. The zero-order chi connectivity index (χ0) is 14.4. The van der Waals surface area contributed by atoms with Crippen LogP contribution in [0, 0.1) is 5.92 Å². The molecule has 0 heterocycles. The molecule has 0 aromatic heterocycles. The third-order valence-corrected chi connectivity index (χ3v) is 3.52. The van der Waals surface area contributed by atoms with Crippen LogP contribution in [0.3, 0.4) is 0 Å². The summed E-state index contributed by atoms with van der Waals surface area (Å²) in [5, 5.41) is 12.1. The van der Waals surface area contributed by atoms with Crippen molar-refractivity contribution in [2.24, 2.45) is 5.92 Å². The van der Waals surface area contributed by atoms with Crippen LogP contribution in [0.2, 0.25) is 0 Å². The summed E-state index contributed by atoms with van der Waals surface area (Å²) in [6.07, 6.45) is 3.29. The number of nitrogens with zero attached hydrogens (tertiary/aromatic N) is 1. The molecule has 5 nitrogen and oxygen atoms in total. The number of nitrogens with one attached hydrogen (secondary N) is 1. The van der Waals surface area contributed by atoms with Crippen LogP contribution in [0.15, 0.2) is 12.2 Å². The zero-order valence-electron chi connectivity index (χ0n) is 11.8. The summed E-state index contributed by atoms with van der Waals surface area (Å²) in [6.45, 7) is 8.67. The van der Waals surface area contributed by atoms with Crippen LogP contribution in [0.5, 0.6) is 0 Å². The average Bonchev–Trinajstić information content (AvgIpc) is 2.35. The molecule has 0 spiro atoms. The summed E-state index contributed by atoms with van der Waals surface area (Å²) in [6, 6.07) is -0.443. The van der Waals surface area contributed by atoms with Crippen molar-refractivity contribution in [1.82, 2.24) is 10.2 Å². The van der Waals surface area contributed by atoms with Crippen LogP contribution < -0.4 is 5.32 Å². The predicted molar refractivity (Wildman–Crippen MR) is 74.0 cm³/mol. The van der Waals surface area contributed by atoms with Gasteiger partial charge < -0.3 is 15.3 Å². The Balaban J connectivity index is 2.62. The van der Waals surface area contributed by atoms with Crippen molar-refractivity contribution in [2.75, 3.05) is 13.1 Å². The summed E-state index contributed by atoms with van der Waals surface area (Å²) in [4.78, 5) is 25.0. The second-order valence-electron chi connectivity index (χ2n) is 5.26. The molecule has 108 valence electrons. The fourth-order valence-electron chi connectivity index (χ4n) is 2.50. The number of hydrogen-bond acceptors (Lipinski definition) is 2. The number of likely N-dealkylation sites (N-methyl/N-ethyl adjacent to an activating group) is 1. The highest BCUT2D eigenvalue weighted by Crippen LogP contribution is 2.24. The smallest absolute Gasteiger partial charge is 0.317 e. The van der Waals surface area contributed by atoms with Crippen LogP contribution in [-0.2, 0) is 4.79 Å². The largest absolute Gasteiger partial charge is 0.481 e. The Morgan fingerprint density at radius 1 is 1.37 bits per heavy atom. The van der Waals surface area contributed by atoms with Crippen molar-refractivity contribution in [3.05, 3.63) is 12.2 Å².